The Bertz CT molecular complexity index is 330. The van der Waals surface area contributed by atoms with Crippen LogP contribution in [0.2, 0.25) is 0 Å². The fourth-order valence-electron chi connectivity index (χ4n) is 1.65. The van der Waals surface area contributed by atoms with Crippen LogP contribution in [0.5, 0.6) is 0 Å². The van der Waals surface area contributed by atoms with Crippen LogP contribution in [0.4, 0.5) is 5.95 Å². The van der Waals surface area contributed by atoms with Crippen LogP contribution >= 0.6 is 0 Å². The molecule has 0 saturated carbocycles. The zero-order valence-corrected chi connectivity index (χ0v) is 11.8. The molecule has 1 atom stereocenters. The third-order valence-corrected chi connectivity index (χ3v) is 3.05. The highest BCUT2D eigenvalue weighted by Crippen LogP contribution is 2.10. The molecule has 0 aliphatic rings. The van der Waals surface area contributed by atoms with Gasteiger partial charge in [0.15, 0.2) is 0 Å². The van der Waals surface area contributed by atoms with Gasteiger partial charge in [-0.25, -0.2) is 4.98 Å². The molecule has 4 nitrogen and oxygen atoms in total. The zero-order chi connectivity index (χ0) is 12.8. The fourth-order valence-corrected chi connectivity index (χ4v) is 1.65. The molecule has 1 rings (SSSR count). The van der Waals surface area contributed by atoms with Crippen molar-refractivity contribution in [3.8, 4) is 0 Å². The smallest absolute Gasteiger partial charge is 0.203 e. The fraction of sp³-hybridized carbons (Fsp3) is 0.769. The van der Waals surface area contributed by atoms with Crippen LogP contribution < -0.4 is 5.32 Å². The van der Waals surface area contributed by atoms with Crippen molar-refractivity contribution in [2.45, 2.75) is 46.2 Å². The van der Waals surface area contributed by atoms with Crippen molar-refractivity contribution in [2.75, 3.05) is 26.0 Å². The largest absolute Gasteiger partial charge is 0.356 e. The summed E-state index contributed by atoms with van der Waals surface area (Å²) in [6.07, 6.45) is 4.52. The first-order chi connectivity index (χ1) is 8.04. The normalized spacial score (nSPS) is 13.1. The van der Waals surface area contributed by atoms with Gasteiger partial charge in [0.2, 0.25) is 5.95 Å². The summed E-state index contributed by atoms with van der Waals surface area (Å²) in [4.78, 5) is 6.76. The predicted molar refractivity (Wildman–Crippen MR) is 73.5 cm³/mol. The summed E-state index contributed by atoms with van der Waals surface area (Å²) in [6, 6.07) is 0.510. The van der Waals surface area contributed by atoms with Crippen molar-refractivity contribution in [3.63, 3.8) is 0 Å². The Balaban J connectivity index is 2.63. The Morgan fingerprint density at radius 3 is 2.76 bits per heavy atom. The van der Waals surface area contributed by atoms with Crippen LogP contribution in [0.15, 0.2) is 6.20 Å². The summed E-state index contributed by atoms with van der Waals surface area (Å²) in [6.45, 7) is 8.45. The second kappa shape index (κ2) is 6.64. The van der Waals surface area contributed by atoms with Gasteiger partial charge < -0.3 is 14.8 Å². The molecule has 1 aromatic rings. The van der Waals surface area contributed by atoms with Crippen LogP contribution in [-0.4, -0.2) is 41.1 Å². The molecule has 0 aliphatic heterocycles. The molecule has 0 aromatic carbocycles. The van der Waals surface area contributed by atoms with Gasteiger partial charge in [0.05, 0.1) is 5.69 Å². The van der Waals surface area contributed by atoms with E-state index in [9.17, 15) is 0 Å². The lowest BCUT2D eigenvalue weighted by Gasteiger charge is -2.21. The highest BCUT2D eigenvalue weighted by molar-refractivity contribution is 5.28. The van der Waals surface area contributed by atoms with Crippen molar-refractivity contribution in [1.82, 2.24) is 14.5 Å². The molecule has 0 bridgehead atoms. The van der Waals surface area contributed by atoms with E-state index in [1.165, 1.54) is 12.8 Å². The molecule has 0 fully saturated rings. The first-order valence-electron chi connectivity index (χ1n) is 6.48. The SMILES string of the molecule is CCCCNc1nc(C)cn1CC(C)N(C)C. The lowest BCUT2D eigenvalue weighted by Crippen LogP contribution is -2.29. The van der Waals surface area contributed by atoms with Crippen LogP contribution in [-0.2, 0) is 6.54 Å². The van der Waals surface area contributed by atoms with Gasteiger partial charge in [-0.3, -0.25) is 0 Å². The highest BCUT2D eigenvalue weighted by atomic mass is 15.2. The number of hydrogen-bond donors (Lipinski definition) is 1. The molecule has 1 heterocycles. The number of aromatic nitrogens is 2. The average molecular weight is 238 g/mol. The number of hydrogen-bond acceptors (Lipinski definition) is 3. The molecule has 0 saturated heterocycles. The number of aryl methyl sites for hydroxylation is 1. The van der Waals surface area contributed by atoms with Gasteiger partial charge in [0.25, 0.3) is 0 Å². The van der Waals surface area contributed by atoms with Crippen LogP contribution in [0.3, 0.4) is 0 Å². The molecule has 1 unspecified atom stereocenters. The van der Waals surface area contributed by atoms with E-state index in [0.29, 0.717) is 6.04 Å². The summed E-state index contributed by atoms with van der Waals surface area (Å²) in [7, 11) is 4.22. The molecular formula is C13H26N4. The quantitative estimate of drug-likeness (QED) is 0.740. The maximum Gasteiger partial charge on any atom is 0.203 e. The van der Waals surface area contributed by atoms with Gasteiger partial charge in [-0.15, -0.1) is 0 Å². The number of unbranched alkanes of at least 4 members (excludes halogenated alkanes) is 1. The van der Waals surface area contributed by atoms with Gasteiger partial charge in [0.1, 0.15) is 0 Å². The van der Waals surface area contributed by atoms with E-state index in [-0.39, 0.29) is 0 Å². The summed E-state index contributed by atoms with van der Waals surface area (Å²) < 4.78 is 2.22. The van der Waals surface area contributed by atoms with Crippen LogP contribution in [0, 0.1) is 6.92 Å². The first kappa shape index (κ1) is 14.0. The van der Waals surface area contributed by atoms with E-state index in [1.54, 1.807) is 0 Å². The van der Waals surface area contributed by atoms with E-state index in [2.05, 4.69) is 53.9 Å². The van der Waals surface area contributed by atoms with Crippen molar-refractivity contribution >= 4 is 5.95 Å². The number of nitrogens with zero attached hydrogens (tertiary/aromatic N) is 3. The lowest BCUT2D eigenvalue weighted by molar-refractivity contribution is 0.284. The standard InChI is InChI=1S/C13H26N4/c1-6-7-8-14-13-15-11(2)9-17(13)10-12(3)16(4)5/h9,12H,6-8,10H2,1-5H3,(H,14,15). The summed E-state index contributed by atoms with van der Waals surface area (Å²) in [5.41, 5.74) is 1.08. The Morgan fingerprint density at radius 2 is 2.18 bits per heavy atom. The molecule has 0 radical (unpaired) electrons. The average Bonchev–Trinajstić information content (AvgIpc) is 2.59. The molecule has 17 heavy (non-hydrogen) atoms. The molecular weight excluding hydrogens is 212 g/mol. The van der Waals surface area contributed by atoms with E-state index >= 15 is 0 Å². The van der Waals surface area contributed by atoms with E-state index < -0.39 is 0 Å². The lowest BCUT2D eigenvalue weighted by atomic mass is 10.3. The Morgan fingerprint density at radius 1 is 1.47 bits per heavy atom. The minimum atomic E-state index is 0.510. The number of rotatable bonds is 7. The summed E-state index contributed by atoms with van der Waals surface area (Å²) in [5.74, 6) is 1.00. The maximum absolute atomic E-state index is 4.53. The van der Waals surface area contributed by atoms with E-state index in [4.69, 9.17) is 0 Å². The molecule has 0 spiro atoms. The molecule has 1 N–H and O–H groups in total. The van der Waals surface area contributed by atoms with Crippen LogP contribution in [0.25, 0.3) is 0 Å². The van der Waals surface area contributed by atoms with Gasteiger partial charge >= 0.3 is 0 Å². The molecule has 98 valence electrons. The van der Waals surface area contributed by atoms with Crippen molar-refractivity contribution < 1.29 is 0 Å². The summed E-state index contributed by atoms with van der Waals surface area (Å²) in [5, 5.41) is 3.41. The number of anilines is 1. The zero-order valence-electron chi connectivity index (χ0n) is 11.8. The van der Waals surface area contributed by atoms with Crippen LogP contribution in [0.1, 0.15) is 32.4 Å². The first-order valence-corrected chi connectivity index (χ1v) is 6.48. The molecule has 0 amide bonds. The number of nitrogens with one attached hydrogen (secondary N) is 1. The second-order valence-corrected chi connectivity index (χ2v) is 4.95. The van der Waals surface area contributed by atoms with Gasteiger partial charge in [-0.05, 0) is 34.4 Å². The van der Waals surface area contributed by atoms with Gasteiger partial charge in [-0.2, -0.15) is 0 Å². The monoisotopic (exact) mass is 238 g/mol. The molecule has 0 aliphatic carbocycles. The Kier molecular flexibility index (Phi) is 5.48. The minimum absolute atomic E-state index is 0.510. The molecule has 4 heteroatoms. The Labute approximate surface area is 105 Å². The maximum atomic E-state index is 4.53. The third-order valence-electron chi connectivity index (χ3n) is 3.05. The van der Waals surface area contributed by atoms with E-state index in [1.807, 2.05) is 6.92 Å². The van der Waals surface area contributed by atoms with Crippen molar-refractivity contribution in [1.29, 1.82) is 0 Å². The summed E-state index contributed by atoms with van der Waals surface area (Å²) >= 11 is 0. The van der Waals surface area contributed by atoms with Crippen molar-refractivity contribution in [2.24, 2.45) is 0 Å². The second-order valence-electron chi connectivity index (χ2n) is 4.95. The van der Waals surface area contributed by atoms with Gasteiger partial charge in [0, 0.05) is 25.3 Å². The van der Waals surface area contributed by atoms with Crippen molar-refractivity contribution in [3.05, 3.63) is 11.9 Å². The predicted octanol–water partition coefficient (Wildman–Crippen LogP) is 2.35. The Hall–Kier alpha value is -1.03. The highest BCUT2D eigenvalue weighted by Gasteiger charge is 2.10. The minimum Gasteiger partial charge on any atom is -0.356 e. The van der Waals surface area contributed by atoms with E-state index in [0.717, 1.165) is 24.7 Å². The van der Waals surface area contributed by atoms with Gasteiger partial charge in [-0.1, -0.05) is 13.3 Å². The third kappa shape index (κ3) is 4.38. The molecule has 1 aromatic heterocycles. The number of likely N-dealkylation sites (N-methyl/N-ethyl adjacent to an activating group) is 1. The number of imidazole rings is 1. The topological polar surface area (TPSA) is 33.1 Å².